The van der Waals surface area contributed by atoms with Gasteiger partial charge in [-0.1, -0.05) is 30.3 Å². The van der Waals surface area contributed by atoms with E-state index in [1.807, 2.05) is 50.2 Å². The summed E-state index contributed by atoms with van der Waals surface area (Å²) in [5.74, 6) is -0.0644. The molecular formula is C23H28N2O4. The molecule has 0 spiro atoms. The number of ether oxygens (including phenoxy) is 2. The Labute approximate surface area is 172 Å². The summed E-state index contributed by atoms with van der Waals surface area (Å²) in [6.07, 6.45) is -0.826. The predicted octanol–water partition coefficient (Wildman–Crippen LogP) is 2.96. The molecule has 154 valence electrons. The van der Waals surface area contributed by atoms with Gasteiger partial charge in [0.15, 0.2) is 12.7 Å². The fourth-order valence-electron chi connectivity index (χ4n) is 3.38. The average Bonchev–Trinajstić information content (AvgIpc) is 2.75. The van der Waals surface area contributed by atoms with E-state index in [0.717, 1.165) is 29.9 Å². The highest BCUT2D eigenvalue weighted by atomic mass is 16.6. The molecule has 0 saturated carbocycles. The van der Waals surface area contributed by atoms with Gasteiger partial charge in [0.1, 0.15) is 5.75 Å². The maximum atomic E-state index is 12.6. The number of carbonyl (C=O) groups excluding carboxylic acids is 2. The first kappa shape index (κ1) is 20.7. The number of esters is 1. The van der Waals surface area contributed by atoms with Crippen LogP contribution in [0.5, 0.6) is 5.75 Å². The van der Waals surface area contributed by atoms with Gasteiger partial charge >= 0.3 is 5.97 Å². The zero-order valence-electron chi connectivity index (χ0n) is 17.3. The van der Waals surface area contributed by atoms with Gasteiger partial charge in [-0.05, 0) is 50.1 Å². The fraction of sp³-hybridized carbons (Fsp3) is 0.391. The van der Waals surface area contributed by atoms with Gasteiger partial charge in [-0.15, -0.1) is 0 Å². The highest BCUT2D eigenvalue weighted by Gasteiger charge is 2.27. The van der Waals surface area contributed by atoms with Crippen molar-refractivity contribution in [2.45, 2.75) is 26.9 Å². The molecule has 6 nitrogen and oxygen atoms in total. The summed E-state index contributed by atoms with van der Waals surface area (Å²) in [6, 6.07) is 15.8. The molecule has 0 aliphatic carbocycles. The Morgan fingerprint density at radius 1 is 0.966 bits per heavy atom. The molecule has 1 heterocycles. The number of piperazine rings is 1. The number of hydrogen-bond donors (Lipinski definition) is 0. The molecule has 0 N–H and O–H groups in total. The number of rotatable bonds is 6. The molecule has 29 heavy (non-hydrogen) atoms. The van der Waals surface area contributed by atoms with Gasteiger partial charge in [0, 0.05) is 31.9 Å². The van der Waals surface area contributed by atoms with Gasteiger partial charge in [-0.3, -0.25) is 4.79 Å². The van der Waals surface area contributed by atoms with Gasteiger partial charge < -0.3 is 19.3 Å². The van der Waals surface area contributed by atoms with Gasteiger partial charge in [0.2, 0.25) is 0 Å². The maximum absolute atomic E-state index is 12.6. The Morgan fingerprint density at radius 2 is 1.66 bits per heavy atom. The number of anilines is 1. The molecule has 0 radical (unpaired) electrons. The SMILES string of the molecule is Cc1cccc(OCC(=O)O[C@@H](C)C(=O)N2CCN(c3ccccc3)CC2)c1C. The second kappa shape index (κ2) is 9.45. The van der Waals surface area contributed by atoms with Crippen molar-refractivity contribution in [3.63, 3.8) is 0 Å². The monoisotopic (exact) mass is 396 g/mol. The molecule has 1 atom stereocenters. The summed E-state index contributed by atoms with van der Waals surface area (Å²) < 4.78 is 10.9. The predicted molar refractivity (Wildman–Crippen MR) is 112 cm³/mol. The standard InChI is InChI=1S/C23H28N2O4/c1-17-8-7-11-21(18(17)2)28-16-22(26)29-19(3)23(27)25-14-12-24(13-15-25)20-9-5-4-6-10-20/h4-11,19H,12-16H2,1-3H3/t19-/m0/s1. The topological polar surface area (TPSA) is 59.1 Å². The zero-order chi connectivity index (χ0) is 20.8. The largest absolute Gasteiger partial charge is 0.482 e. The smallest absolute Gasteiger partial charge is 0.344 e. The van der Waals surface area contributed by atoms with E-state index in [0.29, 0.717) is 18.8 Å². The summed E-state index contributed by atoms with van der Waals surface area (Å²) in [5.41, 5.74) is 3.23. The Kier molecular flexibility index (Phi) is 6.75. The van der Waals surface area contributed by atoms with Crippen LogP contribution in [0.15, 0.2) is 48.5 Å². The van der Waals surface area contributed by atoms with Crippen LogP contribution in [0.2, 0.25) is 0 Å². The highest BCUT2D eigenvalue weighted by molar-refractivity contribution is 5.84. The van der Waals surface area contributed by atoms with E-state index < -0.39 is 12.1 Å². The maximum Gasteiger partial charge on any atom is 0.344 e. The minimum absolute atomic E-state index is 0.169. The van der Waals surface area contributed by atoms with Crippen molar-refractivity contribution in [3.05, 3.63) is 59.7 Å². The number of carbonyl (C=O) groups is 2. The number of amides is 1. The van der Waals surface area contributed by atoms with E-state index in [2.05, 4.69) is 17.0 Å². The number of hydrogen-bond acceptors (Lipinski definition) is 5. The molecule has 1 fully saturated rings. The third-order valence-electron chi connectivity index (χ3n) is 5.27. The van der Waals surface area contributed by atoms with Gasteiger partial charge in [0.05, 0.1) is 0 Å². The summed E-state index contributed by atoms with van der Waals surface area (Å²) in [4.78, 5) is 28.8. The molecule has 2 aromatic rings. The number of para-hydroxylation sites is 1. The Hall–Kier alpha value is -3.02. The van der Waals surface area contributed by atoms with Crippen LogP contribution in [-0.2, 0) is 14.3 Å². The van der Waals surface area contributed by atoms with E-state index >= 15 is 0 Å². The van der Waals surface area contributed by atoms with E-state index in [1.54, 1.807) is 11.8 Å². The molecule has 1 amide bonds. The van der Waals surface area contributed by atoms with Crippen LogP contribution in [0.25, 0.3) is 0 Å². The van der Waals surface area contributed by atoms with Crippen molar-refractivity contribution in [2.24, 2.45) is 0 Å². The van der Waals surface area contributed by atoms with Crippen molar-refractivity contribution < 1.29 is 19.1 Å². The molecule has 2 aromatic carbocycles. The molecule has 3 rings (SSSR count). The van der Waals surface area contributed by atoms with Gasteiger partial charge in [-0.2, -0.15) is 0 Å². The Morgan fingerprint density at radius 3 is 2.34 bits per heavy atom. The summed E-state index contributed by atoms with van der Waals surface area (Å²) in [7, 11) is 0. The van der Waals surface area contributed by atoms with Crippen LogP contribution in [0.3, 0.4) is 0 Å². The lowest BCUT2D eigenvalue weighted by Gasteiger charge is -2.37. The summed E-state index contributed by atoms with van der Waals surface area (Å²) in [5, 5.41) is 0. The van der Waals surface area contributed by atoms with E-state index in [1.165, 1.54) is 0 Å². The van der Waals surface area contributed by atoms with Gasteiger partial charge in [-0.25, -0.2) is 4.79 Å². The van der Waals surface area contributed by atoms with Crippen molar-refractivity contribution in [1.82, 2.24) is 4.90 Å². The van der Waals surface area contributed by atoms with Crippen LogP contribution in [0.4, 0.5) is 5.69 Å². The van der Waals surface area contributed by atoms with Crippen LogP contribution in [0.1, 0.15) is 18.1 Å². The van der Waals surface area contributed by atoms with Crippen molar-refractivity contribution in [2.75, 3.05) is 37.7 Å². The highest BCUT2D eigenvalue weighted by Crippen LogP contribution is 2.20. The molecule has 0 unspecified atom stereocenters. The minimum Gasteiger partial charge on any atom is -0.482 e. The third kappa shape index (κ3) is 5.28. The average molecular weight is 396 g/mol. The third-order valence-corrected chi connectivity index (χ3v) is 5.27. The van der Waals surface area contributed by atoms with Crippen molar-refractivity contribution in [3.8, 4) is 5.75 Å². The molecule has 0 aromatic heterocycles. The fourth-order valence-corrected chi connectivity index (χ4v) is 3.38. The van der Waals surface area contributed by atoms with Crippen LogP contribution in [0, 0.1) is 13.8 Å². The first-order valence-corrected chi connectivity index (χ1v) is 9.93. The van der Waals surface area contributed by atoms with E-state index in [4.69, 9.17) is 9.47 Å². The van der Waals surface area contributed by atoms with Crippen molar-refractivity contribution in [1.29, 1.82) is 0 Å². The molecule has 1 saturated heterocycles. The molecule has 1 aliphatic rings. The second-order valence-corrected chi connectivity index (χ2v) is 7.27. The van der Waals surface area contributed by atoms with Crippen LogP contribution < -0.4 is 9.64 Å². The lowest BCUT2D eigenvalue weighted by molar-refractivity contribution is -0.160. The molecule has 6 heteroatoms. The lowest BCUT2D eigenvalue weighted by atomic mass is 10.1. The Bertz CT molecular complexity index is 845. The molecule has 0 bridgehead atoms. The van der Waals surface area contributed by atoms with E-state index in [-0.39, 0.29) is 12.5 Å². The molecule has 1 aliphatic heterocycles. The van der Waals surface area contributed by atoms with Crippen molar-refractivity contribution >= 4 is 17.6 Å². The zero-order valence-corrected chi connectivity index (χ0v) is 17.3. The van der Waals surface area contributed by atoms with Crippen LogP contribution >= 0.6 is 0 Å². The number of nitrogens with zero attached hydrogens (tertiary/aromatic N) is 2. The summed E-state index contributed by atoms with van der Waals surface area (Å²) >= 11 is 0. The lowest BCUT2D eigenvalue weighted by Crippen LogP contribution is -2.51. The minimum atomic E-state index is -0.826. The normalized spacial score (nSPS) is 15.0. The van der Waals surface area contributed by atoms with E-state index in [9.17, 15) is 9.59 Å². The first-order chi connectivity index (χ1) is 14.0. The Balaban J connectivity index is 1.45. The number of aryl methyl sites for hydroxylation is 1. The van der Waals surface area contributed by atoms with Crippen LogP contribution in [-0.4, -0.2) is 55.7 Å². The number of benzene rings is 2. The summed E-state index contributed by atoms with van der Waals surface area (Å²) in [6.45, 7) is 8.04. The quantitative estimate of drug-likeness (QED) is 0.703. The van der Waals surface area contributed by atoms with Gasteiger partial charge in [0.25, 0.3) is 5.91 Å². The molecular weight excluding hydrogens is 368 g/mol. The second-order valence-electron chi connectivity index (χ2n) is 7.27. The first-order valence-electron chi connectivity index (χ1n) is 9.93.